The Morgan fingerprint density at radius 3 is 2.48 bits per heavy atom. The van der Waals surface area contributed by atoms with E-state index in [0.717, 1.165) is 31.5 Å². The van der Waals surface area contributed by atoms with Gasteiger partial charge in [-0.2, -0.15) is 0 Å². The number of aryl methyl sites for hydroxylation is 2. The third-order valence-corrected chi connectivity index (χ3v) is 6.15. The molecule has 0 radical (unpaired) electrons. The number of aliphatic carboxylic acids is 1. The average molecular weight is 396 g/mol. The van der Waals surface area contributed by atoms with E-state index in [1.807, 2.05) is 34.0 Å². The van der Waals surface area contributed by atoms with Crippen LogP contribution in [0.4, 0.5) is 0 Å². The largest absolute Gasteiger partial charge is 0.481 e. The van der Waals surface area contributed by atoms with Crippen LogP contribution in [-0.2, 0) is 29.0 Å². The van der Waals surface area contributed by atoms with Crippen molar-refractivity contribution in [3.8, 4) is 0 Å². The van der Waals surface area contributed by atoms with Gasteiger partial charge in [-0.05, 0) is 43.6 Å². The molecule has 2 heterocycles. The van der Waals surface area contributed by atoms with Gasteiger partial charge in [0.2, 0.25) is 5.91 Å². The number of rotatable bonds is 8. The molecule has 7 heteroatoms. The lowest BCUT2D eigenvalue weighted by Gasteiger charge is -2.32. The number of nitrogens with zero attached hydrogens (tertiary/aromatic N) is 4. The highest BCUT2D eigenvalue weighted by Crippen LogP contribution is 2.39. The van der Waals surface area contributed by atoms with Gasteiger partial charge in [0.05, 0.1) is 11.6 Å². The van der Waals surface area contributed by atoms with Crippen molar-refractivity contribution in [2.45, 2.75) is 45.1 Å². The molecular weight excluding hydrogens is 368 g/mol. The van der Waals surface area contributed by atoms with E-state index in [9.17, 15) is 9.59 Å². The molecule has 1 saturated carbocycles. The molecule has 0 spiro atoms. The Morgan fingerprint density at radius 2 is 1.83 bits per heavy atom. The molecule has 1 saturated heterocycles. The predicted molar refractivity (Wildman–Crippen MR) is 107 cm³/mol. The van der Waals surface area contributed by atoms with E-state index in [0.29, 0.717) is 38.3 Å². The van der Waals surface area contributed by atoms with Gasteiger partial charge in [0.1, 0.15) is 0 Å². The Bertz CT molecular complexity index is 839. The summed E-state index contributed by atoms with van der Waals surface area (Å²) in [6.45, 7) is 1.85. The second-order valence-corrected chi connectivity index (χ2v) is 8.29. The van der Waals surface area contributed by atoms with Crippen molar-refractivity contribution in [3.63, 3.8) is 0 Å². The lowest BCUT2D eigenvalue weighted by molar-refractivity contribution is -0.147. The van der Waals surface area contributed by atoms with Crippen molar-refractivity contribution < 1.29 is 14.7 Å². The van der Waals surface area contributed by atoms with E-state index >= 15 is 0 Å². The summed E-state index contributed by atoms with van der Waals surface area (Å²) < 4.78 is 1.86. The van der Waals surface area contributed by atoms with Crippen LogP contribution >= 0.6 is 0 Å². The van der Waals surface area contributed by atoms with Gasteiger partial charge in [0.25, 0.3) is 0 Å². The zero-order valence-electron chi connectivity index (χ0n) is 16.6. The first-order valence-corrected chi connectivity index (χ1v) is 10.5. The van der Waals surface area contributed by atoms with Crippen molar-refractivity contribution >= 4 is 11.9 Å². The van der Waals surface area contributed by atoms with Crippen molar-refractivity contribution in [1.82, 2.24) is 19.9 Å². The second kappa shape index (κ2) is 8.76. The van der Waals surface area contributed by atoms with Crippen LogP contribution in [0.5, 0.6) is 0 Å². The fourth-order valence-electron chi connectivity index (χ4n) is 4.19. The Balaban J connectivity index is 1.33. The average Bonchev–Trinajstić information content (AvgIpc) is 3.49. The van der Waals surface area contributed by atoms with Crippen molar-refractivity contribution in [3.05, 3.63) is 47.8 Å². The van der Waals surface area contributed by atoms with E-state index < -0.39 is 5.97 Å². The molecular formula is C22H28N4O3. The molecule has 2 aromatic rings. The second-order valence-electron chi connectivity index (χ2n) is 8.29. The number of likely N-dealkylation sites (tertiary alicyclic amines) is 1. The highest BCUT2D eigenvalue weighted by molar-refractivity contribution is 5.80. The summed E-state index contributed by atoms with van der Waals surface area (Å²) in [5.74, 6) is -0.536. The highest BCUT2D eigenvalue weighted by atomic mass is 16.4. The summed E-state index contributed by atoms with van der Waals surface area (Å²) in [6.07, 6.45) is 6.75. The Labute approximate surface area is 170 Å². The van der Waals surface area contributed by atoms with Gasteiger partial charge in [0, 0.05) is 38.2 Å². The number of benzene rings is 1. The smallest absolute Gasteiger partial charge is 0.306 e. The van der Waals surface area contributed by atoms with Crippen LogP contribution in [0.15, 0.2) is 36.5 Å². The van der Waals surface area contributed by atoms with Gasteiger partial charge >= 0.3 is 5.97 Å². The molecule has 1 amide bonds. The zero-order valence-corrected chi connectivity index (χ0v) is 16.6. The van der Waals surface area contributed by atoms with Crippen molar-refractivity contribution in [1.29, 1.82) is 0 Å². The number of carboxylic acid groups (broad SMARTS) is 1. The first-order chi connectivity index (χ1) is 14.1. The molecule has 1 aromatic carbocycles. The molecule has 1 aliphatic carbocycles. The van der Waals surface area contributed by atoms with E-state index in [-0.39, 0.29) is 17.7 Å². The minimum Gasteiger partial charge on any atom is -0.481 e. The zero-order chi connectivity index (χ0) is 20.2. The van der Waals surface area contributed by atoms with Crippen LogP contribution in [0.2, 0.25) is 0 Å². The summed E-state index contributed by atoms with van der Waals surface area (Å²) in [4.78, 5) is 26.1. The number of hydrogen-bond acceptors (Lipinski definition) is 4. The molecule has 0 bridgehead atoms. The van der Waals surface area contributed by atoms with Gasteiger partial charge in [-0.25, -0.2) is 0 Å². The maximum Gasteiger partial charge on any atom is 0.306 e. The fraction of sp³-hybridized carbons (Fsp3) is 0.545. The lowest BCUT2D eigenvalue weighted by atomic mass is 9.92. The number of hydrogen-bond donors (Lipinski definition) is 1. The van der Waals surface area contributed by atoms with Crippen LogP contribution < -0.4 is 0 Å². The fourth-order valence-corrected chi connectivity index (χ4v) is 4.19. The summed E-state index contributed by atoms with van der Waals surface area (Å²) in [6, 6.07) is 10.3. The molecule has 7 nitrogen and oxygen atoms in total. The summed E-state index contributed by atoms with van der Waals surface area (Å²) in [7, 11) is 0. The molecule has 1 N–H and O–H groups in total. The molecule has 1 atom stereocenters. The Kier molecular flexibility index (Phi) is 5.92. The van der Waals surface area contributed by atoms with Crippen LogP contribution in [0.1, 0.15) is 36.9 Å². The number of carboxylic acids is 1. The molecule has 4 rings (SSSR count). The van der Waals surface area contributed by atoms with E-state index in [4.69, 9.17) is 5.11 Å². The molecule has 29 heavy (non-hydrogen) atoms. The Morgan fingerprint density at radius 1 is 1.10 bits per heavy atom. The third-order valence-electron chi connectivity index (χ3n) is 6.15. The first kappa shape index (κ1) is 19.6. The van der Waals surface area contributed by atoms with Gasteiger partial charge in [-0.1, -0.05) is 35.5 Å². The van der Waals surface area contributed by atoms with Crippen LogP contribution in [0.25, 0.3) is 0 Å². The van der Waals surface area contributed by atoms with Crippen LogP contribution in [0.3, 0.4) is 0 Å². The summed E-state index contributed by atoms with van der Waals surface area (Å²) in [5.41, 5.74) is 2.13. The van der Waals surface area contributed by atoms with Crippen molar-refractivity contribution in [2.75, 3.05) is 13.1 Å². The first-order valence-electron chi connectivity index (χ1n) is 10.5. The monoisotopic (exact) mass is 396 g/mol. The van der Waals surface area contributed by atoms with Crippen molar-refractivity contribution in [2.24, 2.45) is 17.8 Å². The standard InChI is InChI=1S/C22H28N4O3/c27-21(25-11-9-18(10-12-25)22(28)29)20(17-6-7-17)14-19-15-26(24-23-19)13-8-16-4-2-1-3-5-16/h1-5,15,17-18,20H,6-14H2,(H,28,29). The molecule has 1 unspecified atom stereocenters. The number of aromatic nitrogens is 3. The molecule has 2 fully saturated rings. The van der Waals surface area contributed by atoms with Gasteiger partial charge in [-0.15, -0.1) is 5.10 Å². The maximum absolute atomic E-state index is 13.1. The maximum atomic E-state index is 13.1. The number of amides is 1. The van der Waals surface area contributed by atoms with E-state index in [1.165, 1.54) is 5.56 Å². The van der Waals surface area contributed by atoms with Gasteiger partial charge < -0.3 is 10.0 Å². The minimum atomic E-state index is -0.747. The highest BCUT2D eigenvalue weighted by Gasteiger charge is 2.40. The number of carbonyl (C=O) groups is 2. The van der Waals surface area contributed by atoms with E-state index in [2.05, 4.69) is 22.4 Å². The van der Waals surface area contributed by atoms with Gasteiger partial charge in [-0.3, -0.25) is 14.3 Å². The Hall–Kier alpha value is -2.70. The predicted octanol–water partition coefficient (Wildman–Crippen LogP) is 2.41. The third kappa shape index (κ3) is 5.02. The molecule has 2 aliphatic rings. The lowest BCUT2D eigenvalue weighted by Crippen LogP contribution is -2.44. The van der Waals surface area contributed by atoms with E-state index in [1.54, 1.807) is 0 Å². The van der Waals surface area contributed by atoms with Crippen LogP contribution in [0, 0.1) is 17.8 Å². The quantitative estimate of drug-likeness (QED) is 0.740. The van der Waals surface area contributed by atoms with Crippen LogP contribution in [-0.4, -0.2) is 50.0 Å². The van der Waals surface area contributed by atoms with Gasteiger partial charge in [0.15, 0.2) is 0 Å². The number of piperidine rings is 1. The summed E-state index contributed by atoms with van der Waals surface area (Å²) >= 11 is 0. The normalized spacial score (nSPS) is 18.6. The minimum absolute atomic E-state index is 0.0596. The number of carbonyl (C=O) groups excluding carboxylic acids is 1. The topological polar surface area (TPSA) is 88.3 Å². The SMILES string of the molecule is O=C(O)C1CCN(C(=O)C(Cc2cn(CCc3ccccc3)nn2)C2CC2)CC1. The molecule has 154 valence electrons. The summed E-state index contributed by atoms with van der Waals surface area (Å²) in [5, 5.41) is 17.7. The molecule has 1 aliphatic heterocycles. The molecule has 1 aromatic heterocycles.